The van der Waals surface area contributed by atoms with Gasteiger partial charge in [0.25, 0.3) is 0 Å². The molecule has 1 heterocycles. The van der Waals surface area contributed by atoms with Crippen molar-refractivity contribution in [2.75, 3.05) is 37.4 Å². The number of carbonyl (C=O) groups is 2. The van der Waals surface area contributed by atoms with Crippen molar-refractivity contribution in [2.45, 2.75) is 19.8 Å². The van der Waals surface area contributed by atoms with Crippen molar-refractivity contribution in [2.24, 2.45) is 5.92 Å². The van der Waals surface area contributed by atoms with Crippen molar-refractivity contribution < 1.29 is 18.7 Å². The molecule has 2 aromatic carbocycles. The smallest absolute Gasteiger partial charge is 0.238 e. The summed E-state index contributed by atoms with van der Waals surface area (Å²) in [6, 6.07) is 11.3. The van der Waals surface area contributed by atoms with Crippen LogP contribution >= 0.6 is 0 Å². The van der Waals surface area contributed by atoms with E-state index in [9.17, 15) is 14.0 Å². The maximum absolute atomic E-state index is 12.9. The Labute approximate surface area is 170 Å². The molecule has 1 saturated heterocycles. The van der Waals surface area contributed by atoms with E-state index in [2.05, 4.69) is 10.6 Å². The van der Waals surface area contributed by atoms with Crippen LogP contribution in [0.2, 0.25) is 0 Å². The first kappa shape index (κ1) is 20.8. The summed E-state index contributed by atoms with van der Waals surface area (Å²) in [4.78, 5) is 26.8. The molecule has 0 radical (unpaired) electrons. The summed E-state index contributed by atoms with van der Waals surface area (Å²) in [5, 5.41) is 5.72. The maximum atomic E-state index is 12.9. The second-order valence-electron chi connectivity index (χ2n) is 7.30. The molecule has 0 spiro atoms. The Morgan fingerprint density at radius 1 is 1.10 bits per heavy atom. The summed E-state index contributed by atoms with van der Waals surface area (Å²) in [7, 11) is 1.58. The van der Waals surface area contributed by atoms with Gasteiger partial charge < -0.3 is 15.4 Å². The summed E-state index contributed by atoms with van der Waals surface area (Å²) in [5.74, 6) is 0.0312. The van der Waals surface area contributed by atoms with Crippen LogP contribution in [0.1, 0.15) is 18.4 Å². The summed E-state index contributed by atoms with van der Waals surface area (Å²) < 4.78 is 18.3. The Morgan fingerprint density at radius 3 is 2.45 bits per heavy atom. The van der Waals surface area contributed by atoms with Crippen molar-refractivity contribution in [3.63, 3.8) is 0 Å². The first-order valence-electron chi connectivity index (χ1n) is 9.68. The van der Waals surface area contributed by atoms with Gasteiger partial charge in [0.15, 0.2) is 0 Å². The lowest BCUT2D eigenvalue weighted by Gasteiger charge is -2.30. The fourth-order valence-electron chi connectivity index (χ4n) is 3.43. The zero-order valence-corrected chi connectivity index (χ0v) is 16.7. The number of benzene rings is 2. The van der Waals surface area contributed by atoms with Gasteiger partial charge in [-0.05, 0) is 74.8 Å². The number of nitrogens with zero attached hydrogens (tertiary/aromatic N) is 1. The van der Waals surface area contributed by atoms with Gasteiger partial charge in [-0.25, -0.2) is 4.39 Å². The Bertz CT molecular complexity index is 862. The van der Waals surface area contributed by atoms with Crippen molar-refractivity contribution in [3.05, 3.63) is 53.8 Å². The highest BCUT2D eigenvalue weighted by molar-refractivity contribution is 5.94. The van der Waals surface area contributed by atoms with Crippen LogP contribution in [-0.4, -0.2) is 43.5 Å². The highest BCUT2D eigenvalue weighted by atomic mass is 19.1. The number of nitrogens with one attached hydrogen (secondary N) is 2. The minimum Gasteiger partial charge on any atom is -0.495 e. The predicted molar refractivity (Wildman–Crippen MR) is 111 cm³/mol. The zero-order valence-electron chi connectivity index (χ0n) is 16.7. The van der Waals surface area contributed by atoms with E-state index in [0.29, 0.717) is 43.1 Å². The number of anilines is 2. The lowest BCUT2D eigenvalue weighted by Crippen LogP contribution is -2.41. The van der Waals surface area contributed by atoms with E-state index in [1.54, 1.807) is 7.11 Å². The number of carbonyl (C=O) groups excluding carboxylic acids is 2. The van der Waals surface area contributed by atoms with Gasteiger partial charge in [-0.15, -0.1) is 0 Å². The van der Waals surface area contributed by atoms with Crippen molar-refractivity contribution in [3.8, 4) is 5.75 Å². The van der Waals surface area contributed by atoms with Crippen LogP contribution < -0.4 is 15.4 Å². The standard InChI is InChI=1S/C22H26FN3O3/c1-15-3-8-19(20(13-15)29-2)25-22(28)16-9-11-26(12-10-16)14-21(27)24-18-6-4-17(23)5-7-18/h3-8,13,16H,9-12,14H2,1-2H3,(H,24,27)(H,25,28). The van der Waals surface area contributed by atoms with E-state index >= 15 is 0 Å². The van der Waals surface area contributed by atoms with Gasteiger partial charge in [0.2, 0.25) is 11.8 Å². The molecular formula is C22H26FN3O3. The topological polar surface area (TPSA) is 70.7 Å². The Hall–Kier alpha value is -2.93. The third kappa shape index (κ3) is 5.77. The van der Waals surface area contributed by atoms with Crippen LogP contribution in [0.15, 0.2) is 42.5 Å². The second kappa shape index (κ2) is 9.52. The van der Waals surface area contributed by atoms with Crippen molar-refractivity contribution >= 4 is 23.2 Å². The molecule has 2 aromatic rings. The molecule has 29 heavy (non-hydrogen) atoms. The molecule has 0 aliphatic carbocycles. The van der Waals surface area contributed by atoms with E-state index in [4.69, 9.17) is 4.74 Å². The highest BCUT2D eigenvalue weighted by Gasteiger charge is 2.26. The van der Waals surface area contributed by atoms with Gasteiger partial charge in [0, 0.05) is 11.6 Å². The molecular weight excluding hydrogens is 373 g/mol. The van der Waals surface area contributed by atoms with E-state index in [0.717, 1.165) is 5.56 Å². The van der Waals surface area contributed by atoms with Gasteiger partial charge in [-0.3, -0.25) is 14.5 Å². The Balaban J connectivity index is 1.46. The largest absolute Gasteiger partial charge is 0.495 e. The number of amides is 2. The number of rotatable bonds is 6. The fourth-order valence-corrected chi connectivity index (χ4v) is 3.43. The first-order valence-corrected chi connectivity index (χ1v) is 9.68. The second-order valence-corrected chi connectivity index (χ2v) is 7.30. The van der Waals surface area contributed by atoms with Crippen molar-refractivity contribution in [1.82, 2.24) is 4.90 Å². The number of piperidine rings is 1. The van der Waals surface area contributed by atoms with Gasteiger partial charge in [0.1, 0.15) is 11.6 Å². The first-order chi connectivity index (χ1) is 13.9. The molecule has 0 bridgehead atoms. The van der Waals surface area contributed by atoms with Crippen LogP contribution in [0, 0.1) is 18.7 Å². The molecule has 6 nitrogen and oxygen atoms in total. The lowest BCUT2D eigenvalue weighted by atomic mass is 9.95. The average Bonchev–Trinajstić information content (AvgIpc) is 2.71. The minimum absolute atomic E-state index is 0.0254. The summed E-state index contributed by atoms with van der Waals surface area (Å²) >= 11 is 0. The number of likely N-dealkylation sites (tertiary alicyclic amines) is 1. The molecule has 0 unspecified atom stereocenters. The summed E-state index contributed by atoms with van der Waals surface area (Å²) in [5.41, 5.74) is 2.30. The quantitative estimate of drug-likeness (QED) is 0.781. The van der Waals surface area contributed by atoms with Crippen LogP contribution in [0.3, 0.4) is 0 Å². The van der Waals surface area contributed by atoms with Gasteiger partial charge in [-0.2, -0.15) is 0 Å². The molecule has 1 aliphatic heterocycles. The summed E-state index contributed by atoms with van der Waals surface area (Å²) in [6.45, 7) is 3.55. The molecule has 7 heteroatoms. The zero-order chi connectivity index (χ0) is 20.8. The molecule has 3 rings (SSSR count). The van der Waals surface area contributed by atoms with E-state index in [-0.39, 0.29) is 30.1 Å². The van der Waals surface area contributed by atoms with Crippen LogP contribution in [0.4, 0.5) is 15.8 Å². The highest BCUT2D eigenvalue weighted by Crippen LogP contribution is 2.27. The van der Waals surface area contributed by atoms with E-state index in [1.165, 1.54) is 24.3 Å². The number of hydrogen-bond acceptors (Lipinski definition) is 4. The molecule has 2 N–H and O–H groups in total. The molecule has 2 amide bonds. The molecule has 1 aliphatic rings. The van der Waals surface area contributed by atoms with Crippen molar-refractivity contribution in [1.29, 1.82) is 0 Å². The molecule has 0 atom stereocenters. The van der Waals surface area contributed by atoms with E-state index in [1.807, 2.05) is 30.0 Å². The Kier molecular flexibility index (Phi) is 6.82. The minimum atomic E-state index is -0.341. The summed E-state index contributed by atoms with van der Waals surface area (Å²) in [6.07, 6.45) is 1.37. The SMILES string of the molecule is COc1cc(C)ccc1NC(=O)C1CCN(CC(=O)Nc2ccc(F)cc2)CC1. The molecule has 1 fully saturated rings. The Morgan fingerprint density at radius 2 is 1.79 bits per heavy atom. The average molecular weight is 399 g/mol. The third-order valence-electron chi connectivity index (χ3n) is 5.07. The molecule has 154 valence electrons. The number of aryl methyl sites for hydroxylation is 1. The number of ether oxygens (including phenoxy) is 1. The maximum Gasteiger partial charge on any atom is 0.238 e. The predicted octanol–water partition coefficient (Wildman–Crippen LogP) is 3.43. The van der Waals surface area contributed by atoms with Crippen LogP contribution in [0.5, 0.6) is 5.75 Å². The molecule has 0 saturated carbocycles. The fraction of sp³-hybridized carbons (Fsp3) is 0.364. The number of halogens is 1. The van der Waals surface area contributed by atoms with Crippen LogP contribution in [-0.2, 0) is 9.59 Å². The van der Waals surface area contributed by atoms with E-state index < -0.39 is 0 Å². The monoisotopic (exact) mass is 399 g/mol. The lowest BCUT2D eigenvalue weighted by molar-refractivity contribution is -0.121. The molecule has 0 aromatic heterocycles. The number of methoxy groups -OCH3 is 1. The normalized spacial score (nSPS) is 15.0. The van der Waals surface area contributed by atoms with Crippen LogP contribution in [0.25, 0.3) is 0 Å². The third-order valence-corrected chi connectivity index (χ3v) is 5.07. The van der Waals surface area contributed by atoms with Gasteiger partial charge >= 0.3 is 0 Å². The number of hydrogen-bond donors (Lipinski definition) is 2. The van der Waals surface area contributed by atoms with Gasteiger partial charge in [-0.1, -0.05) is 6.07 Å². The van der Waals surface area contributed by atoms with Gasteiger partial charge in [0.05, 0.1) is 19.3 Å².